The van der Waals surface area contributed by atoms with Crippen molar-refractivity contribution in [2.75, 3.05) is 20.3 Å². The molecule has 2 rings (SSSR count). The van der Waals surface area contributed by atoms with E-state index in [-0.39, 0.29) is 5.41 Å². The van der Waals surface area contributed by atoms with E-state index in [1.807, 2.05) is 13.8 Å². The summed E-state index contributed by atoms with van der Waals surface area (Å²) in [7, 11) is -1.72. The number of rotatable bonds is 3. The number of benzene rings is 1. The highest BCUT2D eigenvalue weighted by Gasteiger charge is 2.42. The SMILES string of the molecule is COc1ccc(C(Cl)P2(=O)OCC(C)(C)CO2)cc1. The van der Waals surface area contributed by atoms with Gasteiger partial charge in [0.15, 0.2) is 5.12 Å². The normalized spacial score (nSPS) is 22.7. The van der Waals surface area contributed by atoms with Crippen LogP contribution < -0.4 is 4.74 Å². The zero-order valence-electron chi connectivity index (χ0n) is 11.3. The minimum absolute atomic E-state index is 0.134. The van der Waals surface area contributed by atoms with Crippen molar-refractivity contribution in [2.24, 2.45) is 5.41 Å². The fraction of sp³-hybridized carbons (Fsp3) is 0.538. The standard InChI is InChI=1S/C13H18ClO4P/c1-13(2)8-17-19(15,18-9-13)12(14)10-4-6-11(16-3)7-5-10/h4-7,12H,8-9H2,1-3H3. The predicted octanol–water partition coefficient (Wildman–Crippen LogP) is 4.20. The first-order valence-corrected chi connectivity index (χ1v) is 8.08. The van der Waals surface area contributed by atoms with Crippen molar-refractivity contribution in [2.45, 2.75) is 19.0 Å². The Morgan fingerprint density at radius 2 is 1.79 bits per heavy atom. The van der Waals surface area contributed by atoms with Gasteiger partial charge in [-0.3, -0.25) is 4.57 Å². The summed E-state index contributed by atoms with van der Waals surface area (Å²) in [5.74, 6) is 0.720. The maximum absolute atomic E-state index is 12.6. The molecule has 0 amide bonds. The van der Waals surface area contributed by atoms with Crippen LogP contribution in [0.2, 0.25) is 0 Å². The third-order valence-corrected chi connectivity index (χ3v) is 5.74. The molecule has 4 nitrogen and oxygen atoms in total. The summed E-state index contributed by atoms with van der Waals surface area (Å²) in [4.78, 5) is 0. The Hall–Kier alpha value is -0.540. The Morgan fingerprint density at radius 1 is 1.26 bits per heavy atom. The highest BCUT2D eigenvalue weighted by atomic mass is 35.5. The van der Waals surface area contributed by atoms with Gasteiger partial charge in [0.1, 0.15) is 5.75 Å². The van der Waals surface area contributed by atoms with E-state index in [2.05, 4.69) is 0 Å². The monoisotopic (exact) mass is 304 g/mol. The second-order valence-electron chi connectivity index (χ2n) is 5.36. The van der Waals surface area contributed by atoms with E-state index in [1.54, 1.807) is 31.4 Å². The molecule has 1 aromatic rings. The lowest BCUT2D eigenvalue weighted by atomic mass is 9.97. The summed E-state index contributed by atoms with van der Waals surface area (Å²) < 4.78 is 28.5. The number of halogens is 1. The van der Waals surface area contributed by atoms with Gasteiger partial charge in [-0.2, -0.15) is 0 Å². The zero-order chi connectivity index (χ0) is 14.1. The van der Waals surface area contributed by atoms with Crippen molar-refractivity contribution >= 4 is 19.2 Å². The topological polar surface area (TPSA) is 44.8 Å². The summed E-state index contributed by atoms with van der Waals surface area (Å²) in [5, 5.41) is -0.797. The van der Waals surface area contributed by atoms with Gasteiger partial charge in [-0.15, -0.1) is 11.6 Å². The lowest BCUT2D eigenvalue weighted by molar-refractivity contribution is 0.0403. The van der Waals surface area contributed by atoms with Gasteiger partial charge in [0.05, 0.1) is 20.3 Å². The Bertz CT molecular complexity index is 472. The molecular formula is C13H18ClO4P. The number of hydrogen-bond donors (Lipinski definition) is 0. The second-order valence-corrected chi connectivity index (χ2v) is 8.21. The van der Waals surface area contributed by atoms with Gasteiger partial charge < -0.3 is 13.8 Å². The van der Waals surface area contributed by atoms with Crippen LogP contribution in [0.5, 0.6) is 5.75 Å². The van der Waals surface area contributed by atoms with E-state index in [1.165, 1.54) is 0 Å². The molecule has 1 saturated heterocycles. The van der Waals surface area contributed by atoms with Crippen LogP contribution in [0, 0.1) is 5.41 Å². The van der Waals surface area contributed by atoms with Gasteiger partial charge in [-0.25, -0.2) is 0 Å². The van der Waals surface area contributed by atoms with E-state index in [4.69, 9.17) is 25.4 Å². The maximum atomic E-state index is 12.6. The van der Waals surface area contributed by atoms with E-state index in [0.717, 1.165) is 5.75 Å². The molecule has 0 spiro atoms. The van der Waals surface area contributed by atoms with Crippen molar-refractivity contribution in [1.82, 2.24) is 0 Å². The fourth-order valence-corrected chi connectivity index (χ4v) is 4.10. The highest BCUT2D eigenvalue weighted by molar-refractivity contribution is 7.56. The second kappa shape index (κ2) is 5.45. The summed E-state index contributed by atoms with van der Waals surface area (Å²) >= 11 is 6.26. The van der Waals surface area contributed by atoms with Crippen LogP contribution >= 0.6 is 19.2 Å². The van der Waals surface area contributed by atoms with Crippen molar-refractivity contribution in [3.05, 3.63) is 29.8 Å². The van der Waals surface area contributed by atoms with Gasteiger partial charge in [0.25, 0.3) is 0 Å². The third-order valence-electron chi connectivity index (χ3n) is 2.94. The Kier molecular flexibility index (Phi) is 4.26. The van der Waals surface area contributed by atoms with Gasteiger partial charge in [0.2, 0.25) is 0 Å². The van der Waals surface area contributed by atoms with E-state index < -0.39 is 12.7 Å². The molecule has 0 radical (unpaired) electrons. The number of alkyl halides is 1. The Balaban J connectivity index is 2.14. The number of hydrogen-bond acceptors (Lipinski definition) is 4. The van der Waals surface area contributed by atoms with Crippen LogP contribution in [0.25, 0.3) is 0 Å². The molecule has 0 aromatic heterocycles. The fourth-order valence-electron chi connectivity index (χ4n) is 1.68. The maximum Gasteiger partial charge on any atom is 0.352 e. The summed E-state index contributed by atoms with van der Waals surface area (Å²) in [6, 6.07) is 7.07. The van der Waals surface area contributed by atoms with E-state index in [0.29, 0.717) is 18.8 Å². The molecule has 1 atom stereocenters. The summed E-state index contributed by atoms with van der Waals surface area (Å²) in [5.41, 5.74) is 0.565. The Labute approximate surface area is 118 Å². The lowest BCUT2D eigenvalue weighted by Gasteiger charge is -2.35. The molecule has 6 heteroatoms. The summed E-state index contributed by atoms with van der Waals surface area (Å²) in [6.07, 6.45) is 0. The molecule has 19 heavy (non-hydrogen) atoms. The first kappa shape index (κ1) is 14.9. The molecule has 1 aliphatic rings. The van der Waals surface area contributed by atoms with Crippen molar-refractivity contribution in [3.8, 4) is 5.75 Å². The molecule has 1 unspecified atom stereocenters. The van der Waals surface area contributed by atoms with Crippen LogP contribution in [0.15, 0.2) is 24.3 Å². The van der Waals surface area contributed by atoms with Crippen LogP contribution in [0.3, 0.4) is 0 Å². The molecule has 1 heterocycles. The van der Waals surface area contributed by atoms with E-state index in [9.17, 15) is 4.57 Å². The molecule has 1 aromatic carbocycles. The van der Waals surface area contributed by atoms with Gasteiger partial charge in [0, 0.05) is 5.41 Å². The van der Waals surface area contributed by atoms with Crippen LogP contribution in [0.4, 0.5) is 0 Å². The third kappa shape index (κ3) is 3.32. The molecule has 0 bridgehead atoms. The van der Waals surface area contributed by atoms with Crippen molar-refractivity contribution in [1.29, 1.82) is 0 Å². The van der Waals surface area contributed by atoms with Crippen LogP contribution in [-0.4, -0.2) is 20.3 Å². The zero-order valence-corrected chi connectivity index (χ0v) is 12.9. The minimum atomic E-state index is -3.31. The van der Waals surface area contributed by atoms with Crippen LogP contribution in [-0.2, 0) is 13.6 Å². The van der Waals surface area contributed by atoms with Crippen molar-refractivity contribution in [3.63, 3.8) is 0 Å². The molecule has 1 aliphatic heterocycles. The molecule has 0 N–H and O–H groups in total. The largest absolute Gasteiger partial charge is 0.497 e. The average Bonchev–Trinajstić information content (AvgIpc) is 2.42. The van der Waals surface area contributed by atoms with E-state index >= 15 is 0 Å². The average molecular weight is 305 g/mol. The molecule has 1 fully saturated rings. The first-order valence-electron chi connectivity index (χ1n) is 6.03. The Morgan fingerprint density at radius 3 is 2.26 bits per heavy atom. The molecule has 0 aliphatic carbocycles. The predicted molar refractivity (Wildman–Crippen MR) is 74.9 cm³/mol. The molecule has 106 valence electrons. The lowest BCUT2D eigenvalue weighted by Crippen LogP contribution is -2.30. The number of ether oxygens (including phenoxy) is 1. The number of methoxy groups -OCH3 is 1. The molecule has 0 saturated carbocycles. The van der Waals surface area contributed by atoms with Crippen LogP contribution in [0.1, 0.15) is 24.5 Å². The first-order chi connectivity index (χ1) is 8.86. The van der Waals surface area contributed by atoms with Gasteiger partial charge >= 0.3 is 7.60 Å². The molecular weight excluding hydrogens is 287 g/mol. The van der Waals surface area contributed by atoms with Crippen molar-refractivity contribution < 1.29 is 18.3 Å². The van der Waals surface area contributed by atoms with Gasteiger partial charge in [-0.05, 0) is 17.7 Å². The quantitative estimate of drug-likeness (QED) is 0.620. The smallest absolute Gasteiger partial charge is 0.352 e. The van der Waals surface area contributed by atoms with Gasteiger partial charge in [-0.1, -0.05) is 26.0 Å². The minimum Gasteiger partial charge on any atom is -0.497 e. The highest BCUT2D eigenvalue weighted by Crippen LogP contribution is 2.65. The summed E-state index contributed by atoms with van der Waals surface area (Å²) in [6.45, 7) is 4.74.